The second kappa shape index (κ2) is 7.16. The molecule has 0 spiro atoms. The van der Waals surface area contributed by atoms with Crippen LogP contribution in [0.1, 0.15) is 0 Å². The maximum atomic E-state index is 8.74. The molecule has 0 aromatic carbocycles. The molecule has 0 aliphatic rings. The fourth-order valence-electron chi connectivity index (χ4n) is 0. The van der Waals surface area contributed by atoms with Crippen LogP contribution < -0.4 is 6.15 Å². The third-order valence-electron chi connectivity index (χ3n) is 0. The van der Waals surface area contributed by atoms with E-state index in [-0.39, 0.29) is 6.15 Å². The molecule has 8 heteroatoms. The zero-order chi connectivity index (χ0) is 6.50. The van der Waals surface area contributed by atoms with E-state index in [4.69, 9.17) is 21.3 Å². The Kier molecular flexibility index (Phi) is 14.1. The molecular weight excluding hydrogens is 153 g/mol. The zero-order valence-corrected chi connectivity index (χ0v) is 6.17. The molecule has 0 aliphatic heterocycles. The monoisotopic (exact) mass is 159 g/mol. The molecule has 0 aliphatic carbocycles. The summed E-state index contributed by atoms with van der Waals surface area (Å²) >= 11 is 0.611. The van der Waals surface area contributed by atoms with Gasteiger partial charge in [0.25, 0.3) is 0 Å². The Morgan fingerprint density at radius 3 is 1.12 bits per heavy atom. The van der Waals surface area contributed by atoms with Crippen LogP contribution in [0.15, 0.2) is 0 Å². The van der Waals surface area contributed by atoms with Gasteiger partial charge in [-0.1, -0.05) is 0 Å². The van der Waals surface area contributed by atoms with E-state index in [1.807, 2.05) is 0 Å². The van der Waals surface area contributed by atoms with Crippen molar-refractivity contribution in [2.24, 2.45) is 0 Å². The topological polar surface area (TPSA) is 127 Å². The Hall–Kier alpha value is 0.162. The van der Waals surface area contributed by atoms with Crippen molar-refractivity contribution in [2.75, 3.05) is 0 Å². The summed E-state index contributed by atoms with van der Waals surface area (Å²) in [6.45, 7) is 0. The van der Waals surface area contributed by atoms with Crippen molar-refractivity contribution in [2.45, 2.75) is 0 Å². The van der Waals surface area contributed by atoms with Gasteiger partial charge in [-0.25, -0.2) is 0 Å². The fraction of sp³-hybridized carbons (Fsp3) is 0. The van der Waals surface area contributed by atoms with Crippen LogP contribution in [0, 0.1) is 0 Å². The van der Waals surface area contributed by atoms with Crippen LogP contribution in [0.2, 0.25) is 0 Å². The van der Waals surface area contributed by atoms with Crippen LogP contribution in [-0.4, -0.2) is 33.7 Å². The normalized spacial score (nSPS) is 7.62. The number of hydrogen-bond donors (Lipinski definition) is 3. The predicted octanol–water partition coefficient (Wildman–Crippen LogP) is -1.26. The van der Waals surface area contributed by atoms with Gasteiger partial charge in [-0.15, -0.1) is 0 Å². The van der Waals surface area contributed by atoms with Crippen molar-refractivity contribution in [1.29, 1.82) is 0 Å². The van der Waals surface area contributed by atoms with Gasteiger partial charge in [0.15, 0.2) is 0 Å². The molecule has 0 rings (SSSR count). The van der Waals surface area contributed by atoms with Gasteiger partial charge in [0.05, 0.1) is 0 Å². The van der Waals surface area contributed by atoms with Crippen LogP contribution >= 0.6 is 0 Å². The van der Waals surface area contributed by atoms with Crippen molar-refractivity contribution >= 4 is 26.6 Å². The molecule has 0 saturated heterocycles. The Labute approximate surface area is 54.7 Å². The van der Waals surface area contributed by atoms with E-state index in [0.717, 1.165) is 0 Å². The Balaban J connectivity index is -0.0000000750. The van der Waals surface area contributed by atoms with Crippen molar-refractivity contribution in [3.63, 3.8) is 0 Å². The quantitative estimate of drug-likeness (QED) is 0.299. The summed E-state index contributed by atoms with van der Waals surface area (Å²) in [5, 5.41) is 0. The standard InChI is InChI=1S/Al.H3N.H2O4S.O.H/c;;1-5(2,3)4;;/h;1H3;(H2,1,2,3,4);;. The molecule has 0 amide bonds. The third kappa shape index (κ3) is 6220. The second-order valence-electron chi connectivity index (χ2n) is 0.448. The summed E-state index contributed by atoms with van der Waals surface area (Å²) in [6.07, 6.45) is 0. The minimum atomic E-state index is -4.67. The summed E-state index contributed by atoms with van der Waals surface area (Å²) in [4.78, 5) is 0. The molecule has 0 aromatic rings. The maximum absolute atomic E-state index is 8.74. The van der Waals surface area contributed by atoms with Crippen molar-refractivity contribution in [3.8, 4) is 0 Å². The zero-order valence-electron chi connectivity index (χ0n) is 3.94. The van der Waals surface area contributed by atoms with E-state index in [9.17, 15) is 0 Å². The average molecular weight is 159 g/mol. The Morgan fingerprint density at radius 1 is 1.12 bits per heavy atom. The first-order valence-electron chi connectivity index (χ1n) is 0.987. The van der Waals surface area contributed by atoms with E-state index in [1.165, 1.54) is 0 Å². The van der Waals surface area contributed by atoms with Gasteiger partial charge in [-0.05, 0) is 0 Å². The molecule has 6 nitrogen and oxygen atoms in total. The van der Waals surface area contributed by atoms with Gasteiger partial charge in [0.1, 0.15) is 0 Å². The minimum absolute atomic E-state index is 0. The molecule has 0 bridgehead atoms. The molecule has 0 saturated carbocycles. The molecule has 0 heterocycles. The van der Waals surface area contributed by atoms with Gasteiger partial charge in [-0.2, -0.15) is 8.42 Å². The van der Waals surface area contributed by atoms with Crippen LogP contribution in [0.5, 0.6) is 0 Å². The third-order valence-corrected chi connectivity index (χ3v) is 0. The SMILES string of the molecule is N.O=S(=O)(O)O.[O]=[AlH]. The van der Waals surface area contributed by atoms with Crippen LogP contribution in [-0.2, 0) is 14.2 Å². The van der Waals surface area contributed by atoms with Crippen LogP contribution in [0.4, 0.5) is 0 Å². The van der Waals surface area contributed by atoms with Crippen molar-refractivity contribution in [1.82, 2.24) is 6.15 Å². The molecule has 0 fully saturated rings. The molecule has 0 unspecified atom stereocenters. The second-order valence-corrected chi connectivity index (χ2v) is 1.34. The van der Waals surface area contributed by atoms with Crippen molar-refractivity contribution in [3.05, 3.63) is 0 Å². The summed E-state index contributed by atoms with van der Waals surface area (Å²) in [5.41, 5.74) is 0. The Bertz CT molecular complexity index is 106. The van der Waals surface area contributed by atoms with Gasteiger partial charge in [0, 0.05) is 0 Å². The Morgan fingerprint density at radius 2 is 1.12 bits per heavy atom. The van der Waals surface area contributed by atoms with E-state index in [0.29, 0.717) is 16.2 Å². The average Bonchev–Trinajstić information content (AvgIpc) is 1.36. The molecule has 0 radical (unpaired) electrons. The summed E-state index contributed by atoms with van der Waals surface area (Å²) in [6, 6.07) is 0. The first-order valence-corrected chi connectivity index (χ1v) is 2.96. The first kappa shape index (κ1) is 15.7. The van der Waals surface area contributed by atoms with Gasteiger partial charge in [0.2, 0.25) is 0 Å². The van der Waals surface area contributed by atoms with Gasteiger partial charge in [-0.3, -0.25) is 9.11 Å². The van der Waals surface area contributed by atoms with Gasteiger partial charge < -0.3 is 6.15 Å². The first-order chi connectivity index (χ1) is 3.00. The van der Waals surface area contributed by atoms with E-state index in [1.54, 1.807) is 0 Å². The number of hydrogen-bond acceptors (Lipinski definition) is 4. The van der Waals surface area contributed by atoms with E-state index >= 15 is 0 Å². The van der Waals surface area contributed by atoms with E-state index in [2.05, 4.69) is 0 Å². The molecule has 0 aromatic heterocycles. The summed E-state index contributed by atoms with van der Waals surface area (Å²) in [7, 11) is -4.67. The molecule has 50 valence electrons. The van der Waals surface area contributed by atoms with E-state index < -0.39 is 10.4 Å². The predicted molar refractivity (Wildman–Crippen MR) is 27.0 cm³/mol. The molecule has 0 atom stereocenters. The molecule has 5 N–H and O–H groups in total. The molecule has 8 heavy (non-hydrogen) atoms. The van der Waals surface area contributed by atoms with Crippen LogP contribution in [0.3, 0.4) is 0 Å². The van der Waals surface area contributed by atoms with Crippen LogP contribution in [0.25, 0.3) is 0 Å². The fourth-order valence-corrected chi connectivity index (χ4v) is 0. The summed E-state index contributed by atoms with van der Waals surface area (Å²) < 4.78 is 39.9. The molecular formula is H6AlNO5S. The van der Waals surface area contributed by atoms with Gasteiger partial charge >= 0.3 is 30.4 Å². The summed E-state index contributed by atoms with van der Waals surface area (Å²) in [5.74, 6) is 0. The van der Waals surface area contributed by atoms with Crippen molar-refractivity contribution < 1.29 is 21.3 Å². The number of rotatable bonds is 0.